The fraction of sp³-hybridized carbons (Fsp3) is 0.154. The van der Waals surface area contributed by atoms with Gasteiger partial charge in [-0.25, -0.2) is 4.98 Å². The zero-order valence-corrected chi connectivity index (χ0v) is 21.1. The molecule has 1 heterocycles. The Morgan fingerprint density at radius 1 is 0.824 bits per heavy atom. The molecule has 0 unspecified atom stereocenters. The standard InChI is InChI=1S/C26H21Cl4N3O/c27-11-13-33(14-12-28)21-8-6-20(7-9-21)31-26(34)23-16-25(17-1-3-18(29)4-2-17)32-24-10-5-19(30)15-22(23)24/h1-10,15-16H,11-14H2,(H,31,34). The number of benzene rings is 3. The lowest BCUT2D eigenvalue weighted by molar-refractivity contribution is 0.102. The highest BCUT2D eigenvalue weighted by Gasteiger charge is 2.15. The molecule has 0 aliphatic rings. The Hall–Kier alpha value is -2.50. The number of amides is 1. The van der Waals surface area contributed by atoms with Crippen LogP contribution in [0.1, 0.15) is 10.4 Å². The van der Waals surface area contributed by atoms with Gasteiger partial charge in [0, 0.05) is 57.2 Å². The number of hydrogen-bond acceptors (Lipinski definition) is 3. The second-order valence-corrected chi connectivity index (χ2v) is 9.22. The Kier molecular flexibility index (Phi) is 8.17. The van der Waals surface area contributed by atoms with Gasteiger partial charge in [0.05, 0.1) is 16.8 Å². The molecule has 0 aliphatic carbocycles. The van der Waals surface area contributed by atoms with Crippen molar-refractivity contribution in [1.82, 2.24) is 4.98 Å². The molecular formula is C26H21Cl4N3O. The van der Waals surface area contributed by atoms with E-state index < -0.39 is 0 Å². The second-order valence-electron chi connectivity index (χ2n) is 7.59. The average Bonchev–Trinajstić information content (AvgIpc) is 2.84. The number of carbonyl (C=O) groups excluding carboxylic acids is 1. The fourth-order valence-corrected chi connectivity index (χ4v) is 4.39. The van der Waals surface area contributed by atoms with Crippen molar-refractivity contribution in [3.63, 3.8) is 0 Å². The zero-order chi connectivity index (χ0) is 24.1. The normalized spacial score (nSPS) is 10.9. The highest BCUT2D eigenvalue weighted by Crippen LogP contribution is 2.29. The number of hydrogen-bond donors (Lipinski definition) is 1. The smallest absolute Gasteiger partial charge is 0.256 e. The second kappa shape index (κ2) is 11.3. The van der Waals surface area contributed by atoms with Crippen molar-refractivity contribution in [2.45, 2.75) is 0 Å². The minimum absolute atomic E-state index is 0.254. The van der Waals surface area contributed by atoms with Crippen LogP contribution in [0.25, 0.3) is 22.2 Å². The van der Waals surface area contributed by atoms with Gasteiger partial charge in [-0.1, -0.05) is 35.3 Å². The topological polar surface area (TPSA) is 45.2 Å². The van der Waals surface area contributed by atoms with E-state index in [0.29, 0.717) is 62.7 Å². The maximum atomic E-state index is 13.4. The summed E-state index contributed by atoms with van der Waals surface area (Å²) in [5.74, 6) is 0.752. The summed E-state index contributed by atoms with van der Waals surface area (Å²) in [5.41, 5.74) is 4.35. The molecule has 0 bridgehead atoms. The van der Waals surface area contributed by atoms with Crippen LogP contribution >= 0.6 is 46.4 Å². The molecule has 0 aliphatic heterocycles. The quantitative estimate of drug-likeness (QED) is 0.236. The third kappa shape index (κ3) is 5.76. The highest BCUT2D eigenvalue weighted by atomic mass is 35.5. The van der Waals surface area contributed by atoms with E-state index in [2.05, 4.69) is 10.2 Å². The van der Waals surface area contributed by atoms with E-state index in [-0.39, 0.29) is 5.91 Å². The van der Waals surface area contributed by atoms with E-state index in [1.165, 1.54) is 0 Å². The van der Waals surface area contributed by atoms with E-state index in [1.807, 2.05) is 42.5 Å². The molecule has 0 atom stereocenters. The van der Waals surface area contributed by atoms with Crippen LogP contribution in [0, 0.1) is 0 Å². The first-order valence-corrected chi connectivity index (χ1v) is 12.5. The van der Waals surface area contributed by atoms with Crippen LogP contribution in [0.2, 0.25) is 10.0 Å². The first-order valence-electron chi connectivity index (χ1n) is 10.6. The number of carbonyl (C=O) groups is 1. The Bertz CT molecular complexity index is 1290. The van der Waals surface area contributed by atoms with E-state index in [1.54, 1.807) is 30.3 Å². The van der Waals surface area contributed by atoms with Gasteiger partial charge in [0.2, 0.25) is 0 Å². The van der Waals surface area contributed by atoms with Crippen LogP contribution in [0.4, 0.5) is 11.4 Å². The predicted molar refractivity (Wildman–Crippen MR) is 145 cm³/mol. The molecule has 1 amide bonds. The van der Waals surface area contributed by atoms with Gasteiger partial charge in [0.1, 0.15) is 0 Å². The number of fused-ring (bicyclic) bond motifs is 1. The zero-order valence-electron chi connectivity index (χ0n) is 18.1. The molecule has 174 valence electrons. The van der Waals surface area contributed by atoms with E-state index in [9.17, 15) is 4.79 Å². The molecule has 1 aromatic heterocycles. The van der Waals surface area contributed by atoms with Gasteiger partial charge in [-0.2, -0.15) is 0 Å². The van der Waals surface area contributed by atoms with Crippen LogP contribution < -0.4 is 10.2 Å². The molecule has 3 aromatic carbocycles. The Balaban J connectivity index is 1.66. The number of rotatable bonds is 8. The van der Waals surface area contributed by atoms with Crippen molar-refractivity contribution in [3.05, 3.63) is 88.4 Å². The number of nitrogens with zero attached hydrogens (tertiary/aromatic N) is 2. The lowest BCUT2D eigenvalue weighted by atomic mass is 10.0. The first-order chi connectivity index (χ1) is 16.5. The van der Waals surface area contributed by atoms with Gasteiger partial charge in [0.15, 0.2) is 0 Å². The Morgan fingerprint density at radius 3 is 2.12 bits per heavy atom. The van der Waals surface area contributed by atoms with E-state index >= 15 is 0 Å². The van der Waals surface area contributed by atoms with Gasteiger partial charge in [0.25, 0.3) is 5.91 Å². The molecule has 1 N–H and O–H groups in total. The lowest BCUT2D eigenvalue weighted by Crippen LogP contribution is -2.27. The summed E-state index contributed by atoms with van der Waals surface area (Å²) < 4.78 is 0. The largest absolute Gasteiger partial charge is 0.369 e. The van der Waals surface area contributed by atoms with Crippen molar-refractivity contribution in [3.8, 4) is 11.3 Å². The summed E-state index contributed by atoms with van der Waals surface area (Å²) in [4.78, 5) is 20.2. The van der Waals surface area contributed by atoms with Crippen LogP contribution in [0.15, 0.2) is 72.8 Å². The van der Waals surface area contributed by atoms with Gasteiger partial charge in [-0.15, -0.1) is 23.2 Å². The predicted octanol–water partition coefficient (Wildman–Crippen LogP) is 7.74. The number of pyridine rings is 1. The monoisotopic (exact) mass is 531 g/mol. The molecule has 0 spiro atoms. The summed E-state index contributed by atoms with van der Waals surface area (Å²) in [7, 11) is 0. The third-order valence-electron chi connectivity index (χ3n) is 5.35. The molecule has 8 heteroatoms. The summed E-state index contributed by atoms with van der Waals surface area (Å²) in [6.45, 7) is 1.38. The van der Waals surface area contributed by atoms with Gasteiger partial charge in [-0.3, -0.25) is 4.79 Å². The number of alkyl halides is 2. The van der Waals surface area contributed by atoms with Crippen LogP contribution in [0.5, 0.6) is 0 Å². The molecule has 4 aromatic rings. The fourth-order valence-electron chi connectivity index (χ4n) is 3.68. The minimum Gasteiger partial charge on any atom is -0.369 e. The molecular weight excluding hydrogens is 512 g/mol. The van der Waals surface area contributed by atoms with Crippen LogP contribution in [-0.2, 0) is 0 Å². The average molecular weight is 533 g/mol. The molecule has 0 fully saturated rings. The number of aromatic nitrogens is 1. The Labute approximate surface area is 218 Å². The van der Waals surface area contributed by atoms with Gasteiger partial charge >= 0.3 is 0 Å². The van der Waals surface area contributed by atoms with E-state index in [4.69, 9.17) is 51.4 Å². The first kappa shape index (κ1) is 24.6. The van der Waals surface area contributed by atoms with E-state index in [0.717, 1.165) is 11.3 Å². The maximum Gasteiger partial charge on any atom is 0.256 e. The molecule has 0 saturated heterocycles. The SMILES string of the molecule is O=C(Nc1ccc(N(CCCl)CCCl)cc1)c1cc(-c2ccc(Cl)cc2)nc2ccc(Cl)cc12. The maximum absolute atomic E-state index is 13.4. The summed E-state index contributed by atoms with van der Waals surface area (Å²) >= 11 is 24.1. The van der Waals surface area contributed by atoms with Crippen molar-refractivity contribution in [2.75, 3.05) is 35.1 Å². The van der Waals surface area contributed by atoms with Crippen molar-refractivity contribution < 1.29 is 4.79 Å². The molecule has 34 heavy (non-hydrogen) atoms. The molecule has 4 nitrogen and oxygen atoms in total. The molecule has 4 rings (SSSR count). The summed E-state index contributed by atoms with van der Waals surface area (Å²) in [5, 5.41) is 4.83. The number of nitrogens with one attached hydrogen (secondary N) is 1. The molecule has 0 saturated carbocycles. The Morgan fingerprint density at radius 2 is 1.47 bits per heavy atom. The van der Waals surface area contributed by atoms with Crippen LogP contribution in [-0.4, -0.2) is 35.7 Å². The van der Waals surface area contributed by atoms with Crippen LogP contribution in [0.3, 0.4) is 0 Å². The lowest BCUT2D eigenvalue weighted by Gasteiger charge is -2.23. The summed E-state index contributed by atoms with van der Waals surface area (Å²) in [6.07, 6.45) is 0. The minimum atomic E-state index is -0.254. The number of halogens is 4. The molecule has 0 radical (unpaired) electrons. The third-order valence-corrected chi connectivity index (χ3v) is 6.18. The van der Waals surface area contributed by atoms with Gasteiger partial charge in [-0.05, 0) is 60.7 Å². The highest BCUT2D eigenvalue weighted by molar-refractivity contribution is 6.31. The van der Waals surface area contributed by atoms with Gasteiger partial charge < -0.3 is 10.2 Å². The van der Waals surface area contributed by atoms with Crippen molar-refractivity contribution in [1.29, 1.82) is 0 Å². The van der Waals surface area contributed by atoms with Crippen molar-refractivity contribution in [2.24, 2.45) is 0 Å². The number of anilines is 2. The summed E-state index contributed by atoms with van der Waals surface area (Å²) in [6, 6.07) is 22.0. The van der Waals surface area contributed by atoms with Crippen molar-refractivity contribution >= 4 is 74.6 Å².